The van der Waals surface area contributed by atoms with Crippen LogP contribution in [0.1, 0.15) is 18.4 Å². The van der Waals surface area contributed by atoms with Gasteiger partial charge in [-0.15, -0.1) is 0 Å². The Balaban J connectivity index is 2.12. The van der Waals surface area contributed by atoms with Crippen LogP contribution in [-0.2, 0) is 4.74 Å². The van der Waals surface area contributed by atoms with Crippen LogP contribution in [0.15, 0.2) is 28.7 Å². The van der Waals surface area contributed by atoms with Crippen LogP contribution in [0.25, 0.3) is 0 Å². The van der Waals surface area contributed by atoms with Gasteiger partial charge in [-0.3, -0.25) is 0 Å². The summed E-state index contributed by atoms with van der Waals surface area (Å²) in [4.78, 5) is 0. The molecule has 80 valence electrons. The minimum absolute atomic E-state index is 0.369. The highest BCUT2D eigenvalue weighted by Gasteiger charge is 2.19. The molecule has 0 unspecified atom stereocenters. The minimum Gasteiger partial charge on any atom is -0.381 e. The molecule has 0 aromatic heterocycles. The number of ether oxygens (including phenoxy) is 1. The lowest BCUT2D eigenvalue weighted by molar-refractivity contribution is 0.0827. The van der Waals surface area contributed by atoms with Gasteiger partial charge in [0.15, 0.2) is 0 Å². The Morgan fingerprint density at radius 2 is 2.07 bits per heavy atom. The molecule has 0 saturated carbocycles. The molecule has 3 heteroatoms. The van der Waals surface area contributed by atoms with Crippen molar-refractivity contribution in [1.29, 1.82) is 5.41 Å². The second-order valence-corrected chi connectivity index (χ2v) is 4.73. The predicted molar refractivity (Wildman–Crippen MR) is 64.5 cm³/mol. The second kappa shape index (κ2) is 4.90. The largest absolute Gasteiger partial charge is 0.381 e. The zero-order valence-electron chi connectivity index (χ0n) is 8.50. The first-order valence-corrected chi connectivity index (χ1v) is 5.99. The summed E-state index contributed by atoms with van der Waals surface area (Å²) in [6.07, 6.45) is 1.96. The van der Waals surface area contributed by atoms with Gasteiger partial charge in [-0.25, -0.2) is 0 Å². The van der Waals surface area contributed by atoms with Crippen LogP contribution >= 0.6 is 15.9 Å². The zero-order chi connectivity index (χ0) is 10.7. The van der Waals surface area contributed by atoms with E-state index in [0.29, 0.717) is 5.92 Å². The normalized spacial score (nSPS) is 17.7. The van der Waals surface area contributed by atoms with Gasteiger partial charge in [-0.1, -0.05) is 28.1 Å². The average Bonchev–Trinajstić information content (AvgIpc) is 2.29. The van der Waals surface area contributed by atoms with Crippen molar-refractivity contribution < 1.29 is 4.74 Å². The Morgan fingerprint density at radius 1 is 1.33 bits per heavy atom. The van der Waals surface area contributed by atoms with E-state index in [-0.39, 0.29) is 0 Å². The van der Waals surface area contributed by atoms with Crippen LogP contribution in [-0.4, -0.2) is 18.9 Å². The van der Waals surface area contributed by atoms with Crippen molar-refractivity contribution in [3.05, 3.63) is 34.3 Å². The first-order chi connectivity index (χ1) is 7.27. The van der Waals surface area contributed by atoms with E-state index in [1.807, 2.05) is 24.3 Å². The average molecular weight is 268 g/mol. The molecule has 15 heavy (non-hydrogen) atoms. The fraction of sp³-hybridized carbons (Fsp3) is 0.417. The number of hydrogen-bond donors (Lipinski definition) is 1. The van der Waals surface area contributed by atoms with Gasteiger partial charge in [0.1, 0.15) is 0 Å². The smallest absolute Gasteiger partial charge is 0.0472 e. The molecule has 1 fully saturated rings. The topological polar surface area (TPSA) is 33.1 Å². The lowest BCUT2D eigenvalue weighted by Crippen LogP contribution is -2.23. The van der Waals surface area contributed by atoms with Crippen molar-refractivity contribution in [2.45, 2.75) is 12.8 Å². The van der Waals surface area contributed by atoms with Gasteiger partial charge >= 0.3 is 0 Å². The molecular formula is C12H14BrNO. The summed E-state index contributed by atoms with van der Waals surface area (Å²) in [5.41, 5.74) is 1.77. The highest BCUT2D eigenvalue weighted by molar-refractivity contribution is 9.10. The molecule has 0 aliphatic carbocycles. The van der Waals surface area contributed by atoms with Gasteiger partial charge < -0.3 is 10.1 Å². The van der Waals surface area contributed by atoms with Crippen molar-refractivity contribution in [2.75, 3.05) is 13.2 Å². The second-order valence-electron chi connectivity index (χ2n) is 3.81. The predicted octanol–water partition coefficient (Wildman–Crippen LogP) is 3.24. The summed E-state index contributed by atoms with van der Waals surface area (Å²) in [7, 11) is 0. The number of hydrogen-bond acceptors (Lipinski definition) is 2. The first-order valence-electron chi connectivity index (χ1n) is 5.19. The molecular weight excluding hydrogens is 254 g/mol. The molecule has 2 nitrogen and oxygen atoms in total. The third-order valence-corrected chi connectivity index (χ3v) is 3.26. The van der Waals surface area contributed by atoms with E-state index in [9.17, 15) is 0 Å². The maximum Gasteiger partial charge on any atom is 0.0472 e. The van der Waals surface area contributed by atoms with Crippen LogP contribution in [0.2, 0.25) is 0 Å². The Labute approximate surface area is 98.3 Å². The fourth-order valence-corrected chi connectivity index (χ4v) is 2.28. The molecule has 0 radical (unpaired) electrons. The van der Waals surface area contributed by atoms with Gasteiger partial charge in [-0.05, 0) is 30.5 Å². The van der Waals surface area contributed by atoms with Gasteiger partial charge in [0.2, 0.25) is 0 Å². The fourth-order valence-electron chi connectivity index (χ4n) is 1.88. The van der Waals surface area contributed by atoms with Crippen LogP contribution < -0.4 is 0 Å². The van der Waals surface area contributed by atoms with Crippen LogP contribution in [0.4, 0.5) is 0 Å². The van der Waals surface area contributed by atoms with Crippen LogP contribution in [0.5, 0.6) is 0 Å². The highest BCUT2D eigenvalue weighted by Crippen LogP contribution is 2.21. The number of benzene rings is 1. The van der Waals surface area contributed by atoms with E-state index in [2.05, 4.69) is 15.9 Å². The molecule has 1 saturated heterocycles. The number of nitrogens with one attached hydrogen (secondary N) is 1. The summed E-state index contributed by atoms with van der Waals surface area (Å²) in [6, 6.07) is 7.98. The Morgan fingerprint density at radius 3 is 2.73 bits per heavy atom. The van der Waals surface area contributed by atoms with Crippen LogP contribution in [0.3, 0.4) is 0 Å². The summed E-state index contributed by atoms with van der Waals surface area (Å²) >= 11 is 3.43. The van der Waals surface area contributed by atoms with E-state index in [0.717, 1.165) is 41.8 Å². The summed E-state index contributed by atoms with van der Waals surface area (Å²) < 4.78 is 6.34. The Bertz CT molecular complexity index is 358. The van der Waals surface area contributed by atoms with Gasteiger partial charge in [0, 0.05) is 29.3 Å². The monoisotopic (exact) mass is 267 g/mol. The summed E-state index contributed by atoms with van der Waals surface area (Å²) in [6.45, 7) is 1.59. The van der Waals surface area contributed by atoms with E-state index in [1.54, 1.807) is 0 Å². The van der Waals surface area contributed by atoms with Crippen LogP contribution in [0, 0.1) is 11.3 Å². The molecule has 0 spiro atoms. The quantitative estimate of drug-likeness (QED) is 0.820. The van der Waals surface area contributed by atoms with Gasteiger partial charge in [-0.2, -0.15) is 0 Å². The van der Waals surface area contributed by atoms with Crippen molar-refractivity contribution in [2.24, 2.45) is 5.92 Å². The zero-order valence-corrected chi connectivity index (χ0v) is 10.1. The molecule has 0 atom stereocenters. The number of rotatable bonds is 2. The Kier molecular flexibility index (Phi) is 3.54. The van der Waals surface area contributed by atoms with E-state index in [1.165, 1.54) is 0 Å². The lowest BCUT2D eigenvalue weighted by atomic mass is 9.90. The maximum atomic E-state index is 8.14. The molecule has 1 N–H and O–H groups in total. The molecule has 1 heterocycles. The molecule has 1 aromatic rings. The van der Waals surface area contributed by atoms with Crippen molar-refractivity contribution in [1.82, 2.24) is 0 Å². The molecule has 2 rings (SSSR count). The number of halogens is 1. The standard InChI is InChI=1S/C12H14BrNO/c13-11-3-1-2-10(8-11)12(14)9-4-6-15-7-5-9/h1-3,8-9,14H,4-7H2. The minimum atomic E-state index is 0.369. The van der Waals surface area contributed by atoms with Gasteiger partial charge in [0.05, 0.1) is 0 Å². The Hall–Kier alpha value is -0.670. The molecule has 0 bridgehead atoms. The molecule has 0 amide bonds. The first kappa shape index (κ1) is 10.8. The van der Waals surface area contributed by atoms with E-state index in [4.69, 9.17) is 10.1 Å². The van der Waals surface area contributed by atoms with Crippen molar-refractivity contribution in [3.63, 3.8) is 0 Å². The third kappa shape index (κ3) is 2.67. The maximum absolute atomic E-state index is 8.14. The highest BCUT2D eigenvalue weighted by atomic mass is 79.9. The summed E-state index contributed by atoms with van der Waals surface area (Å²) in [5, 5.41) is 8.14. The molecule has 1 aliphatic heterocycles. The van der Waals surface area contributed by atoms with E-state index < -0.39 is 0 Å². The van der Waals surface area contributed by atoms with Crippen molar-refractivity contribution >= 4 is 21.6 Å². The van der Waals surface area contributed by atoms with Crippen molar-refractivity contribution in [3.8, 4) is 0 Å². The molecule has 1 aliphatic rings. The van der Waals surface area contributed by atoms with E-state index >= 15 is 0 Å². The van der Waals surface area contributed by atoms with Gasteiger partial charge in [0.25, 0.3) is 0 Å². The lowest BCUT2D eigenvalue weighted by Gasteiger charge is -2.22. The summed E-state index contributed by atoms with van der Waals surface area (Å²) in [5.74, 6) is 0.369. The molecule has 1 aromatic carbocycles. The third-order valence-electron chi connectivity index (χ3n) is 2.77. The SMILES string of the molecule is N=C(c1cccc(Br)c1)C1CCOCC1.